The van der Waals surface area contributed by atoms with E-state index in [0.717, 1.165) is 12.8 Å². The minimum Gasteiger partial charge on any atom is -0.478 e. The van der Waals surface area contributed by atoms with Crippen molar-refractivity contribution in [1.82, 2.24) is 0 Å². The van der Waals surface area contributed by atoms with Crippen molar-refractivity contribution in [1.29, 1.82) is 0 Å². The van der Waals surface area contributed by atoms with E-state index in [2.05, 4.69) is 13.8 Å². The van der Waals surface area contributed by atoms with E-state index in [0.29, 0.717) is 35.5 Å². The summed E-state index contributed by atoms with van der Waals surface area (Å²) in [5.41, 5.74) is 2.55. The SMILES string of the molecule is CC(C)c1ccc(C(=O)C2=C(C(=O)O)CCCC2)cc1. The van der Waals surface area contributed by atoms with E-state index in [9.17, 15) is 14.7 Å². The molecule has 0 saturated carbocycles. The monoisotopic (exact) mass is 272 g/mol. The average Bonchev–Trinajstić information content (AvgIpc) is 2.46. The van der Waals surface area contributed by atoms with E-state index in [1.54, 1.807) is 12.1 Å². The van der Waals surface area contributed by atoms with Crippen molar-refractivity contribution in [3.05, 3.63) is 46.5 Å². The number of carboxylic acids is 1. The number of rotatable bonds is 4. The molecule has 0 aliphatic heterocycles. The third-order valence-corrected chi connectivity index (χ3v) is 3.84. The summed E-state index contributed by atoms with van der Waals surface area (Å²) in [4.78, 5) is 23.7. The third kappa shape index (κ3) is 2.98. The Labute approximate surface area is 119 Å². The number of allylic oxidation sites excluding steroid dienone is 1. The van der Waals surface area contributed by atoms with Gasteiger partial charge in [-0.2, -0.15) is 0 Å². The number of carboxylic acid groups (broad SMARTS) is 1. The van der Waals surface area contributed by atoms with Crippen LogP contribution < -0.4 is 0 Å². The zero-order valence-corrected chi connectivity index (χ0v) is 12.0. The van der Waals surface area contributed by atoms with Crippen molar-refractivity contribution in [3.63, 3.8) is 0 Å². The number of carbonyl (C=O) groups is 2. The molecule has 1 aromatic rings. The Morgan fingerprint density at radius 2 is 1.55 bits per heavy atom. The van der Waals surface area contributed by atoms with Gasteiger partial charge >= 0.3 is 5.97 Å². The fourth-order valence-corrected chi connectivity index (χ4v) is 2.59. The van der Waals surface area contributed by atoms with Crippen LogP contribution in [0, 0.1) is 0 Å². The van der Waals surface area contributed by atoms with Gasteiger partial charge in [-0.3, -0.25) is 4.79 Å². The Morgan fingerprint density at radius 1 is 1.00 bits per heavy atom. The van der Waals surface area contributed by atoms with Crippen LogP contribution in [0.4, 0.5) is 0 Å². The summed E-state index contributed by atoms with van der Waals surface area (Å²) in [6.45, 7) is 4.20. The van der Waals surface area contributed by atoms with Gasteiger partial charge in [0.2, 0.25) is 0 Å². The Balaban J connectivity index is 2.32. The number of benzene rings is 1. The van der Waals surface area contributed by atoms with Crippen LogP contribution in [0.25, 0.3) is 0 Å². The van der Waals surface area contributed by atoms with Gasteiger partial charge in [-0.15, -0.1) is 0 Å². The fourth-order valence-electron chi connectivity index (χ4n) is 2.59. The predicted molar refractivity (Wildman–Crippen MR) is 78.0 cm³/mol. The molecule has 0 aromatic heterocycles. The summed E-state index contributed by atoms with van der Waals surface area (Å²) in [7, 11) is 0. The van der Waals surface area contributed by atoms with Crippen LogP contribution in [0.1, 0.15) is 61.4 Å². The molecule has 0 saturated heterocycles. The number of hydrogen-bond acceptors (Lipinski definition) is 2. The summed E-state index contributed by atoms with van der Waals surface area (Å²) in [6.07, 6.45) is 2.82. The molecule has 3 nitrogen and oxygen atoms in total. The molecule has 0 fully saturated rings. The van der Waals surface area contributed by atoms with Crippen molar-refractivity contribution < 1.29 is 14.7 Å². The maximum atomic E-state index is 12.5. The minimum absolute atomic E-state index is 0.127. The molecule has 0 spiro atoms. The highest BCUT2D eigenvalue weighted by atomic mass is 16.4. The number of carbonyl (C=O) groups excluding carboxylic acids is 1. The molecule has 2 rings (SSSR count). The van der Waals surface area contributed by atoms with Crippen LogP contribution >= 0.6 is 0 Å². The van der Waals surface area contributed by atoms with E-state index in [-0.39, 0.29) is 5.78 Å². The van der Waals surface area contributed by atoms with Crippen LogP contribution in [-0.4, -0.2) is 16.9 Å². The molecule has 1 aliphatic rings. The van der Waals surface area contributed by atoms with Crippen molar-refractivity contribution in [2.75, 3.05) is 0 Å². The molecule has 0 bridgehead atoms. The van der Waals surface area contributed by atoms with Crippen molar-refractivity contribution in [3.8, 4) is 0 Å². The zero-order valence-electron chi connectivity index (χ0n) is 12.0. The van der Waals surface area contributed by atoms with Gasteiger partial charge in [0.05, 0.1) is 0 Å². The fraction of sp³-hybridized carbons (Fsp3) is 0.412. The van der Waals surface area contributed by atoms with E-state index < -0.39 is 5.97 Å². The van der Waals surface area contributed by atoms with Gasteiger partial charge < -0.3 is 5.11 Å². The van der Waals surface area contributed by atoms with Crippen LogP contribution in [0.5, 0.6) is 0 Å². The molecule has 1 N–H and O–H groups in total. The van der Waals surface area contributed by atoms with Gasteiger partial charge in [-0.05, 0) is 37.2 Å². The van der Waals surface area contributed by atoms with Gasteiger partial charge in [-0.1, -0.05) is 38.1 Å². The predicted octanol–water partition coefficient (Wildman–Crippen LogP) is 3.95. The molecule has 1 aromatic carbocycles. The summed E-state index contributed by atoms with van der Waals surface area (Å²) in [6, 6.07) is 7.50. The molecule has 0 unspecified atom stereocenters. The molecular formula is C17H20O3. The topological polar surface area (TPSA) is 54.4 Å². The Hall–Kier alpha value is -1.90. The number of ketones is 1. The molecule has 0 radical (unpaired) electrons. The maximum Gasteiger partial charge on any atom is 0.331 e. The lowest BCUT2D eigenvalue weighted by molar-refractivity contribution is -0.133. The molecule has 106 valence electrons. The van der Waals surface area contributed by atoms with E-state index in [4.69, 9.17) is 0 Å². The second kappa shape index (κ2) is 6.04. The summed E-state index contributed by atoms with van der Waals surface area (Å²) < 4.78 is 0. The number of Topliss-reactive ketones (excluding diaryl/α,β-unsaturated/α-hetero) is 1. The van der Waals surface area contributed by atoms with Crippen molar-refractivity contribution >= 4 is 11.8 Å². The molecule has 1 aliphatic carbocycles. The minimum atomic E-state index is -0.952. The molecule has 0 amide bonds. The molecule has 3 heteroatoms. The number of aliphatic carboxylic acids is 1. The smallest absolute Gasteiger partial charge is 0.331 e. The van der Waals surface area contributed by atoms with E-state index in [1.807, 2.05) is 12.1 Å². The molecule has 0 atom stereocenters. The second-order valence-electron chi connectivity index (χ2n) is 5.58. The zero-order chi connectivity index (χ0) is 14.7. The highest BCUT2D eigenvalue weighted by Gasteiger charge is 2.24. The molecule has 20 heavy (non-hydrogen) atoms. The summed E-state index contributed by atoms with van der Waals surface area (Å²) in [5, 5.41) is 9.21. The largest absolute Gasteiger partial charge is 0.478 e. The second-order valence-corrected chi connectivity index (χ2v) is 5.58. The quantitative estimate of drug-likeness (QED) is 0.844. The van der Waals surface area contributed by atoms with Gasteiger partial charge in [0.25, 0.3) is 0 Å². The lowest BCUT2D eigenvalue weighted by atomic mass is 9.86. The van der Waals surface area contributed by atoms with Crippen molar-refractivity contribution in [2.24, 2.45) is 0 Å². The summed E-state index contributed by atoms with van der Waals surface area (Å²) in [5.74, 6) is -0.660. The summed E-state index contributed by atoms with van der Waals surface area (Å²) >= 11 is 0. The molecule has 0 heterocycles. The third-order valence-electron chi connectivity index (χ3n) is 3.84. The van der Waals surface area contributed by atoms with Gasteiger partial charge in [0.1, 0.15) is 0 Å². The van der Waals surface area contributed by atoms with Gasteiger partial charge in [0.15, 0.2) is 5.78 Å². The Kier molecular flexibility index (Phi) is 4.38. The Morgan fingerprint density at radius 3 is 2.05 bits per heavy atom. The maximum absolute atomic E-state index is 12.5. The van der Waals surface area contributed by atoms with Crippen LogP contribution in [0.3, 0.4) is 0 Å². The average molecular weight is 272 g/mol. The van der Waals surface area contributed by atoms with Crippen LogP contribution in [0.2, 0.25) is 0 Å². The first-order valence-electron chi connectivity index (χ1n) is 7.10. The van der Waals surface area contributed by atoms with Crippen LogP contribution in [0.15, 0.2) is 35.4 Å². The first kappa shape index (κ1) is 14.5. The van der Waals surface area contributed by atoms with Gasteiger partial charge in [-0.25, -0.2) is 4.79 Å². The highest BCUT2D eigenvalue weighted by molar-refractivity contribution is 6.12. The van der Waals surface area contributed by atoms with Crippen LogP contribution in [-0.2, 0) is 4.79 Å². The van der Waals surface area contributed by atoms with Crippen molar-refractivity contribution in [2.45, 2.75) is 45.4 Å². The Bertz CT molecular complexity index is 550. The number of hydrogen-bond donors (Lipinski definition) is 1. The van der Waals surface area contributed by atoms with Gasteiger partial charge in [0, 0.05) is 16.7 Å². The highest BCUT2D eigenvalue weighted by Crippen LogP contribution is 2.28. The van der Waals surface area contributed by atoms with E-state index in [1.165, 1.54) is 5.56 Å². The van der Waals surface area contributed by atoms with E-state index >= 15 is 0 Å². The lowest BCUT2D eigenvalue weighted by Gasteiger charge is -2.17. The first-order valence-corrected chi connectivity index (χ1v) is 7.10. The normalized spacial score (nSPS) is 15.6. The first-order chi connectivity index (χ1) is 9.50. The molecular weight excluding hydrogens is 252 g/mol. The lowest BCUT2D eigenvalue weighted by Crippen LogP contribution is -2.15. The standard InChI is InChI=1S/C17H20O3/c1-11(2)12-7-9-13(10-8-12)16(18)14-5-3-4-6-15(14)17(19)20/h7-11H,3-6H2,1-2H3,(H,19,20).